The Bertz CT molecular complexity index is 356. The van der Waals surface area contributed by atoms with Crippen LogP contribution in [-0.4, -0.2) is 39.6 Å². The molecule has 4 heteroatoms. The van der Waals surface area contributed by atoms with Crippen molar-refractivity contribution >= 4 is 0 Å². The van der Waals surface area contributed by atoms with E-state index in [-0.39, 0.29) is 0 Å². The molecule has 3 rings (SSSR count). The molecule has 1 saturated carbocycles. The van der Waals surface area contributed by atoms with E-state index < -0.39 is 0 Å². The topological polar surface area (TPSA) is 33.1 Å². The first-order chi connectivity index (χ1) is 7.83. The second kappa shape index (κ2) is 4.18. The SMILES string of the molecule is Cn1ccnc1CNC1CCN(C2CC2)C1. The molecule has 0 radical (unpaired) electrons. The van der Waals surface area contributed by atoms with Crippen molar-refractivity contribution in [2.24, 2.45) is 7.05 Å². The first-order valence-electron chi connectivity index (χ1n) is 6.26. The predicted octanol–water partition coefficient (Wildman–Crippen LogP) is 0.746. The van der Waals surface area contributed by atoms with Gasteiger partial charge in [0.05, 0.1) is 6.54 Å². The fourth-order valence-electron chi connectivity index (χ4n) is 2.53. The van der Waals surface area contributed by atoms with Crippen LogP contribution >= 0.6 is 0 Å². The average Bonchev–Trinajstić information content (AvgIpc) is 2.89. The number of aromatic nitrogens is 2. The lowest BCUT2D eigenvalue weighted by molar-refractivity contribution is 0.317. The van der Waals surface area contributed by atoms with Gasteiger partial charge in [0.1, 0.15) is 5.82 Å². The van der Waals surface area contributed by atoms with E-state index in [2.05, 4.69) is 26.8 Å². The molecule has 1 aromatic heterocycles. The van der Waals surface area contributed by atoms with E-state index in [4.69, 9.17) is 0 Å². The summed E-state index contributed by atoms with van der Waals surface area (Å²) in [6.45, 7) is 3.41. The third kappa shape index (κ3) is 2.13. The molecule has 2 fully saturated rings. The smallest absolute Gasteiger partial charge is 0.122 e. The Hall–Kier alpha value is -0.870. The van der Waals surface area contributed by atoms with Crippen LogP contribution < -0.4 is 5.32 Å². The predicted molar refractivity (Wildman–Crippen MR) is 63.0 cm³/mol. The van der Waals surface area contributed by atoms with Crippen molar-refractivity contribution in [3.8, 4) is 0 Å². The number of aryl methyl sites for hydroxylation is 1. The molecule has 1 aliphatic carbocycles. The summed E-state index contributed by atoms with van der Waals surface area (Å²) in [5.41, 5.74) is 0. The summed E-state index contributed by atoms with van der Waals surface area (Å²) in [5.74, 6) is 1.13. The van der Waals surface area contributed by atoms with Gasteiger partial charge >= 0.3 is 0 Å². The number of hydrogen-bond acceptors (Lipinski definition) is 3. The first-order valence-corrected chi connectivity index (χ1v) is 6.26. The van der Waals surface area contributed by atoms with Crippen molar-refractivity contribution in [3.63, 3.8) is 0 Å². The van der Waals surface area contributed by atoms with E-state index in [1.807, 2.05) is 12.4 Å². The quantitative estimate of drug-likeness (QED) is 0.812. The van der Waals surface area contributed by atoms with Crippen LogP contribution in [0.15, 0.2) is 12.4 Å². The Morgan fingerprint density at radius 3 is 3.00 bits per heavy atom. The Balaban J connectivity index is 1.47. The summed E-state index contributed by atoms with van der Waals surface area (Å²) in [4.78, 5) is 6.97. The molecule has 1 unspecified atom stereocenters. The van der Waals surface area contributed by atoms with E-state index in [1.54, 1.807) is 0 Å². The normalized spacial score (nSPS) is 26.4. The zero-order chi connectivity index (χ0) is 11.0. The van der Waals surface area contributed by atoms with Crippen molar-refractivity contribution < 1.29 is 0 Å². The summed E-state index contributed by atoms with van der Waals surface area (Å²) in [6.07, 6.45) is 8.00. The number of hydrogen-bond donors (Lipinski definition) is 1. The number of nitrogens with one attached hydrogen (secondary N) is 1. The first kappa shape index (κ1) is 10.3. The molecule has 1 N–H and O–H groups in total. The second-order valence-electron chi connectivity index (χ2n) is 5.05. The van der Waals surface area contributed by atoms with Crippen LogP contribution in [0, 0.1) is 0 Å². The Morgan fingerprint density at radius 1 is 1.44 bits per heavy atom. The highest BCUT2D eigenvalue weighted by molar-refractivity contribution is 4.94. The average molecular weight is 220 g/mol. The standard InChI is InChI=1S/C12H20N4/c1-15-7-5-13-12(15)8-14-10-4-6-16(9-10)11-2-3-11/h5,7,10-11,14H,2-4,6,8-9H2,1H3. The van der Waals surface area contributed by atoms with Crippen molar-refractivity contribution in [1.29, 1.82) is 0 Å². The Kier molecular flexibility index (Phi) is 2.69. The van der Waals surface area contributed by atoms with E-state index in [0.717, 1.165) is 18.4 Å². The third-order valence-electron chi connectivity index (χ3n) is 3.75. The summed E-state index contributed by atoms with van der Waals surface area (Å²) in [7, 11) is 2.05. The lowest BCUT2D eigenvalue weighted by Gasteiger charge is -2.15. The number of rotatable bonds is 4. The molecule has 0 spiro atoms. The molecule has 2 aliphatic rings. The van der Waals surface area contributed by atoms with Gasteiger partial charge in [0.25, 0.3) is 0 Å². The van der Waals surface area contributed by atoms with Gasteiger partial charge in [-0.05, 0) is 19.3 Å². The summed E-state index contributed by atoms with van der Waals surface area (Å²) < 4.78 is 2.08. The van der Waals surface area contributed by atoms with Crippen LogP contribution in [0.5, 0.6) is 0 Å². The van der Waals surface area contributed by atoms with Crippen molar-refractivity contribution in [2.75, 3.05) is 13.1 Å². The highest BCUT2D eigenvalue weighted by Crippen LogP contribution is 2.29. The molecule has 1 aliphatic heterocycles. The third-order valence-corrected chi connectivity index (χ3v) is 3.75. The maximum atomic E-state index is 4.33. The van der Waals surface area contributed by atoms with Crippen molar-refractivity contribution in [1.82, 2.24) is 19.8 Å². The van der Waals surface area contributed by atoms with E-state index >= 15 is 0 Å². The molecule has 1 saturated heterocycles. The monoisotopic (exact) mass is 220 g/mol. The highest BCUT2D eigenvalue weighted by atomic mass is 15.2. The van der Waals surface area contributed by atoms with Gasteiger partial charge in [0.15, 0.2) is 0 Å². The number of imidazole rings is 1. The molecule has 16 heavy (non-hydrogen) atoms. The molecule has 1 aromatic rings. The molecule has 1 atom stereocenters. The lowest BCUT2D eigenvalue weighted by atomic mass is 10.2. The summed E-state index contributed by atoms with van der Waals surface area (Å²) in [6, 6.07) is 1.58. The summed E-state index contributed by atoms with van der Waals surface area (Å²) in [5, 5.41) is 3.61. The fourth-order valence-corrected chi connectivity index (χ4v) is 2.53. The Morgan fingerprint density at radius 2 is 2.31 bits per heavy atom. The highest BCUT2D eigenvalue weighted by Gasteiger charge is 2.34. The lowest BCUT2D eigenvalue weighted by Crippen LogP contribution is -2.33. The van der Waals surface area contributed by atoms with Crippen LogP contribution in [0.2, 0.25) is 0 Å². The van der Waals surface area contributed by atoms with E-state index in [0.29, 0.717) is 6.04 Å². The van der Waals surface area contributed by atoms with E-state index in [1.165, 1.54) is 32.4 Å². The van der Waals surface area contributed by atoms with Crippen LogP contribution in [0.1, 0.15) is 25.1 Å². The maximum absolute atomic E-state index is 4.33. The molecule has 4 nitrogen and oxygen atoms in total. The van der Waals surface area contributed by atoms with Crippen LogP contribution in [0.4, 0.5) is 0 Å². The minimum atomic E-state index is 0.664. The molecule has 0 bridgehead atoms. The van der Waals surface area contributed by atoms with Crippen molar-refractivity contribution in [2.45, 2.75) is 37.9 Å². The number of nitrogens with zero attached hydrogens (tertiary/aromatic N) is 3. The van der Waals surface area contributed by atoms with Gasteiger partial charge in [-0.1, -0.05) is 0 Å². The maximum Gasteiger partial charge on any atom is 0.122 e. The number of likely N-dealkylation sites (tertiary alicyclic amines) is 1. The van der Waals surface area contributed by atoms with Crippen LogP contribution in [0.3, 0.4) is 0 Å². The zero-order valence-electron chi connectivity index (χ0n) is 9.89. The molecule has 0 aromatic carbocycles. The molecule has 2 heterocycles. The minimum absolute atomic E-state index is 0.664. The van der Waals surface area contributed by atoms with Crippen LogP contribution in [0.25, 0.3) is 0 Å². The van der Waals surface area contributed by atoms with Crippen LogP contribution in [-0.2, 0) is 13.6 Å². The second-order valence-corrected chi connectivity index (χ2v) is 5.05. The van der Waals surface area contributed by atoms with Gasteiger partial charge in [-0.3, -0.25) is 4.90 Å². The largest absolute Gasteiger partial charge is 0.337 e. The van der Waals surface area contributed by atoms with Gasteiger partial charge in [0.2, 0.25) is 0 Å². The van der Waals surface area contributed by atoms with Crippen molar-refractivity contribution in [3.05, 3.63) is 18.2 Å². The zero-order valence-corrected chi connectivity index (χ0v) is 9.89. The fraction of sp³-hybridized carbons (Fsp3) is 0.750. The van der Waals surface area contributed by atoms with Gasteiger partial charge in [0, 0.05) is 44.6 Å². The van der Waals surface area contributed by atoms with Gasteiger partial charge in [-0.25, -0.2) is 4.98 Å². The molecular formula is C12H20N4. The molecular weight excluding hydrogens is 200 g/mol. The summed E-state index contributed by atoms with van der Waals surface area (Å²) >= 11 is 0. The molecule has 88 valence electrons. The Labute approximate surface area is 96.7 Å². The van der Waals surface area contributed by atoms with E-state index in [9.17, 15) is 0 Å². The van der Waals surface area contributed by atoms with Gasteiger partial charge < -0.3 is 9.88 Å². The minimum Gasteiger partial charge on any atom is -0.337 e. The van der Waals surface area contributed by atoms with Gasteiger partial charge in [-0.2, -0.15) is 0 Å². The molecule has 0 amide bonds. The van der Waals surface area contributed by atoms with Gasteiger partial charge in [-0.15, -0.1) is 0 Å².